The number of hydrazone groups is 1. The third kappa shape index (κ3) is 6.32. The Morgan fingerprint density at radius 1 is 0.822 bits per heavy atom. The van der Waals surface area contributed by atoms with E-state index in [0.29, 0.717) is 38.7 Å². The first-order chi connectivity index (χ1) is 22.0. The Balaban J connectivity index is 1.30. The van der Waals surface area contributed by atoms with Crippen molar-refractivity contribution in [2.75, 3.05) is 0 Å². The number of nitriles is 1. The fourth-order valence-electron chi connectivity index (χ4n) is 4.84. The quantitative estimate of drug-likeness (QED) is 0.165. The normalized spacial score (nSPS) is 10.9. The molecule has 0 saturated carbocycles. The smallest absolute Gasteiger partial charge is 0.271 e. The molecule has 6 rings (SSSR count). The molecule has 2 heterocycles. The summed E-state index contributed by atoms with van der Waals surface area (Å²) in [5.74, 6) is -0.597. The van der Waals surface area contributed by atoms with Gasteiger partial charge >= 0.3 is 0 Å². The van der Waals surface area contributed by atoms with Crippen LogP contribution in [0.15, 0.2) is 131 Å². The summed E-state index contributed by atoms with van der Waals surface area (Å²) in [7, 11) is 0. The van der Waals surface area contributed by atoms with Gasteiger partial charge in [0.05, 0.1) is 11.9 Å². The van der Waals surface area contributed by atoms with Gasteiger partial charge in [-0.1, -0.05) is 103 Å². The lowest BCUT2D eigenvalue weighted by molar-refractivity contribution is -0.121. The van der Waals surface area contributed by atoms with Gasteiger partial charge in [0, 0.05) is 33.5 Å². The van der Waals surface area contributed by atoms with E-state index in [9.17, 15) is 14.9 Å². The van der Waals surface area contributed by atoms with Crippen molar-refractivity contribution in [2.24, 2.45) is 5.10 Å². The largest absolute Gasteiger partial charge is 0.285 e. The van der Waals surface area contributed by atoms with Gasteiger partial charge < -0.3 is 0 Å². The number of hydrogen-bond acceptors (Lipinski definition) is 6. The van der Waals surface area contributed by atoms with Crippen molar-refractivity contribution in [3.63, 3.8) is 0 Å². The van der Waals surface area contributed by atoms with Gasteiger partial charge in [0.25, 0.3) is 11.5 Å². The topological polar surface area (TPSA) is 118 Å². The molecule has 218 valence electrons. The minimum absolute atomic E-state index is 0.104. The molecule has 0 fully saturated rings. The Bertz CT molecular complexity index is 2100. The highest BCUT2D eigenvalue weighted by Crippen LogP contribution is 2.31. The SMILES string of the molecule is N#Cc1c(-c2ccccc2)c(-c2ccccc2)nn(CC(=O)NN=Cc2cn(-c3ccccc3)nc2-c2ccc(Cl)cc2)c1=O. The molecule has 0 saturated heterocycles. The Labute approximate surface area is 263 Å². The number of rotatable bonds is 8. The molecule has 0 atom stereocenters. The molecule has 0 aliphatic heterocycles. The molecular weight excluding hydrogens is 586 g/mol. The first-order valence-corrected chi connectivity index (χ1v) is 14.3. The number of nitrogens with zero attached hydrogens (tertiary/aromatic N) is 6. The Morgan fingerprint density at radius 3 is 2.07 bits per heavy atom. The summed E-state index contributed by atoms with van der Waals surface area (Å²) < 4.78 is 2.71. The molecule has 1 amide bonds. The van der Waals surface area contributed by atoms with Crippen LogP contribution < -0.4 is 11.0 Å². The van der Waals surface area contributed by atoms with Crippen LogP contribution in [0.25, 0.3) is 39.3 Å². The van der Waals surface area contributed by atoms with Crippen LogP contribution in [-0.2, 0) is 11.3 Å². The second kappa shape index (κ2) is 13.0. The maximum atomic E-state index is 13.4. The van der Waals surface area contributed by atoms with Crippen LogP contribution in [0.5, 0.6) is 0 Å². The first kappa shape index (κ1) is 29.0. The summed E-state index contributed by atoms with van der Waals surface area (Å²) in [5, 5.41) is 24.1. The van der Waals surface area contributed by atoms with Crippen LogP contribution >= 0.6 is 11.6 Å². The average molecular weight is 610 g/mol. The Hall–Kier alpha value is -6.11. The maximum Gasteiger partial charge on any atom is 0.285 e. The van der Waals surface area contributed by atoms with Crippen molar-refractivity contribution in [1.29, 1.82) is 5.26 Å². The predicted octanol–water partition coefficient (Wildman–Crippen LogP) is 6.11. The number of nitrogens with one attached hydrogen (secondary N) is 1. The molecule has 2 aromatic heterocycles. The Morgan fingerprint density at radius 2 is 1.42 bits per heavy atom. The number of para-hydroxylation sites is 1. The lowest BCUT2D eigenvalue weighted by atomic mass is 9.96. The molecule has 10 heteroatoms. The molecule has 45 heavy (non-hydrogen) atoms. The number of halogens is 1. The molecule has 9 nitrogen and oxygen atoms in total. The zero-order chi connectivity index (χ0) is 31.2. The zero-order valence-corrected chi connectivity index (χ0v) is 24.5. The minimum atomic E-state index is -0.677. The highest BCUT2D eigenvalue weighted by atomic mass is 35.5. The van der Waals surface area contributed by atoms with E-state index in [-0.39, 0.29) is 5.56 Å². The molecule has 0 radical (unpaired) electrons. The third-order valence-electron chi connectivity index (χ3n) is 6.94. The summed E-state index contributed by atoms with van der Waals surface area (Å²) >= 11 is 6.09. The van der Waals surface area contributed by atoms with Crippen molar-refractivity contribution < 1.29 is 4.79 Å². The average Bonchev–Trinajstić information content (AvgIpc) is 3.51. The minimum Gasteiger partial charge on any atom is -0.271 e. The van der Waals surface area contributed by atoms with E-state index >= 15 is 0 Å². The summed E-state index contributed by atoms with van der Waals surface area (Å²) in [4.78, 5) is 26.4. The monoisotopic (exact) mass is 609 g/mol. The van der Waals surface area contributed by atoms with Gasteiger partial charge in [0.15, 0.2) is 0 Å². The number of amides is 1. The number of benzene rings is 4. The van der Waals surface area contributed by atoms with Crippen molar-refractivity contribution in [3.8, 4) is 45.4 Å². The van der Waals surface area contributed by atoms with Gasteiger partial charge in [-0.15, -0.1) is 0 Å². The van der Waals surface area contributed by atoms with Gasteiger partial charge in [-0.25, -0.2) is 14.8 Å². The molecule has 6 aromatic rings. The number of aromatic nitrogens is 4. The lowest BCUT2D eigenvalue weighted by Gasteiger charge is -2.14. The summed E-state index contributed by atoms with van der Waals surface area (Å²) in [6.45, 7) is -0.451. The summed E-state index contributed by atoms with van der Waals surface area (Å²) in [6, 6.07) is 37.2. The van der Waals surface area contributed by atoms with E-state index in [1.54, 1.807) is 23.0 Å². The molecule has 0 aliphatic carbocycles. The number of carbonyl (C=O) groups excluding carboxylic acids is 1. The molecule has 0 spiro atoms. The van der Waals surface area contributed by atoms with Crippen LogP contribution in [0, 0.1) is 11.3 Å². The van der Waals surface area contributed by atoms with Crippen LogP contribution in [0.3, 0.4) is 0 Å². The zero-order valence-electron chi connectivity index (χ0n) is 23.7. The van der Waals surface area contributed by atoms with Crippen LogP contribution in [0.2, 0.25) is 5.02 Å². The fraction of sp³-hybridized carbons (Fsp3) is 0.0286. The van der Waals surface area contributed by atoms with Gasteiger partial charge in [0.1, 0.15) is 29.6 Å². The fourth-order valence-corrected chi connectivity index (χ4v) is 4.96. The molecule has 0 unspecified atom stereocenters. The Kier molecular flexibility index (Phi) is 8.40. The van der Waals surface area contributed by atoms with Crippen LogP contribution in [-0.4, -0.2) is 31.7 Å². The van der Waals surface area contributed by atoms with E-state index in [1.807, 2.05) is 109 Å². The third-order valence-corrected chi connectivity index (χ3v) is 7.20. The van der Waals surface area contributed by atoms with Crippen molar-refractivity contribution >= 4 is 23.7 Å². The van der Waals surface area contributed by atoms with Gasteiger partial charge in [-0.3, -0.25) is 9.59 Å². The van der Waals surface area contributed by atoms with Crippen molar-refractivity contribution in [3.05, 3.63) is 148 Å². The van der Waals surface area contributed by atoms with E-state index < -0.39 is 18.0 Å². The number of hydrogen-bond donors (Lipinski definition) is 1. The van der Waals surface area contributed by atoms with Gasteiger partial charge in [0.2, 0.25) is 0 Å². The van der Waals surface area contributed by atoms with E-state index in [1.165, 1.54) is 6.21 Å². The standard InChI is InChI=1S/C35H24ClN7O2/c36-28-18-16-26(17-19-28)33-27(22-42(40-33)29-14-8-3-9-15-29)21-38-39-31(44)23-43-35(45)30(20-37)32(24-10-4-1-5-11-24)34(41-43)25-12-6-2-7-13-25/h1-19,21-22H,23H2,(H,39,44). The lowest BCUT2D eigenvalue weighted by Crippen LogP contribution is -2.33. The summed E-state index contributed by atoms with van der Waals surface area (Å²) in [5.41, 5.74) is 6.83. The molecular formula is C35H24ClN7O2. The predicted molar refractivity (Wildman–Crippen MR) is 174 cm³/mol. The van der Waals surface area contributed by atoms with E-state index in [2.05, 4.69) is 15.6 Å². The highest BCUT2D eigenvalue weighted by Gasteiger charge is 2.21. The molecule has 0 aliphatic rings. The van der Waals surface area contributed by atoms with Crippen molar-refractivity contribution in [2.45, 2.75) is 6.54 Å². The van der Waals surface area contributed by atoms with E-state index in [0.717, 1.165) is 15.9 Å². The summed E-state index contributed by atoms with van der Waals surface area (Å²) in [6.07, 6.45) is 3.29. The molecule has 4 aromatic carbocycles. The second-order valence-corrected chi connectivity index (χ2v) is 10.4. The van der Waals surface area contributed by atoms with Gasteiger partial charge in [-0.2, -0.15) is 20.6 Å². The van der Waals surface area contributed by atoms with E-state index in [4.69, 9.17) is 16.7 Å². The molecule has 1 N–H and O–H groups in total. The van der Waals surface area contributed by atoms with Crippen molar-refractivity contribution in [1.82, 2.24) is 25.0 Å². The van der Waals surface area contributed by atoms with Crippen LogP contribution in [0.4, 0.5) is 0 Å². The number of carbonyl (C=O) groups is 1. The first-order valence-electron chi connectivity index (χ1n) is 13.9. The molecule has 0 bridgehead atoms. The van der Waals surface area contributed by atoms with Gasteiger partial charge in [-0.05, 0) is 29.8 Å². The van der Waals surface area contributed by atoms with Crippen LogP contribution in [0.1, 0.15) is 11.1 Å². The second-order valence-electron chi connectivity index (χ2n) is 9.92. The highest BCUT2D eigenvalue weighted by molar-refractivity contribution is 6.30. The maximum absolute atomic E-state index is 13.4.